The Labute approximate surface area is 192 Å². The maximum Gasteiger partial charge on any atom is 0.251 e. The first-order valence-electron chi connectivity index (χ1n) is 11.4. The first-order chi connectivity index (χ1) is 15.1. The summed E-state index contributed by atoms with van der Waals surface area (Å²) in [5, 5.41) is 5.93. The van der Waals surface area contributed by atoms with Gasteiger partial charge < -0.3 is 15.5 Å². The van der Waals surface area contributed by atoms with Gasteiger partial charge in [-0.2, -0.15) is 0 Å². The first kappa shape index (κ1) is 24.0. The minimum atomic E-state index is -0.0954. The molecular weight excluding hydrogens is 398 g/mol. The van der Waals surface area contributed by atoms with Gasteiger partial charge in [0.15, 0.2) is 0 Å². The first-order valence-corrected chi connectivity index (χ1v) is 11.4. The fraction of sp³-hybridized carbons (Fsp3) is 0.481. The van der Waals surface area contributed by atoms with Crippen molar-refractivity contribution in [3.05, 3.63) is 70.3 Å². The van der Waals surface area contributed by atoms with Gasteiger partial charge in [-0.1, -0.05) is 44.2 Å². The molecule has 1 fully saturated rings. The van der Waals surface area contributed by atoms with Crippen molar-refractivity contribution in [2.45, 2.75) is 45.6 Å². The summed E-state index contributed by atoms with van der Waals surface area (Å²) in [6.45, 7) is 9.06. The van der Waals surface area contributed by atoms with Gasteiger partial charge in [-0.25, -0.2) is 0 Å². The zero-order valence-corrected chi connectivity index (χ0v) is 20.5. The van der Waals surface area contributed by atoms with E-state index < -0.39 is 0 Å². The van der Waals surface area contributed by atoms with Crippen molar-refractivity contribution in [3.63, 3.8) is 0 Å². The Morgan fingerprint density at radius 1 is 1.09 bits per heavy atom. The average molecular weight is 436 g/mol. The molecule has 0 heterocycles. The summed E-state index contributed by atoms with van der Waals surface area (Å²) < 4.78 is 0. The van der Waals surface area contributed by atoms with Crippen molar-refractivity contribution in [3.8, 4) is 0 Å². The van der Waals surface area contributed by atoms with Crippen LogP contribution in [0.4, 0.5) is 0 Å². The van der Waals surface area contributed by atoms with Crippen LogP contribution in [0.15, 0.2) is 42.5 Å². The summed E-state index contributed by atoms with van der Waals surface area (Å²) in [5.74, 6) is 0.394. The van der Waals surface area contributed by atoms with E-state index in [1.807, 2.05) is 44.4 Å². The second-order valence-corrected chi connectivity index (χ2v) is 9.65. The van der Waals surface area contributed by atoms with Gasteiger partial charge in [0.2, 0.25) is 5.91 Å². The summed E-state index contributed by atoms with van der Waals surface area (Å²) in [7, 11) is 5.75. The number of aryl methyl sites for hydroxylation is 2. The summed E-state index contributed by atoms with van der Waals surface area (Å²) in [5.41, 5.74) is 5.27. The lowest BCUT2D eigenvalue weighted by molar-refractivity contribution is -0.123. The molecule has 1 aliphatic rings. The van der Waals surface area contributed by atoms with E-state index in [4.69, 9.17) is 0 Å². The molecule has 2 unspecified atom stereocenters. The second kappa shape index (κ2) is 9.45. The highest BCUT2D eigenvalue weighted by Crippen LogP contribution is 2.59. The van der Waals surface area contributed by atoms with Gasteiger partial charge in [0.25, 0.3) is 5.91 Å². The van der Waals surface area contributed by atoms with Crippen LogP contribution in [0.3, 0.4) is 0 Å². The van der Waals surface area contributed by atoms with Crippen LogP contribution in [-0.4, -0.2) is 50.4 Å². The molecule has 0 aromatic heterocycles. The topological polar surface area (TPSA) is 61.4 Å². The molecule has 32 heavy (non-hydrogen) atoms. The standard InChI is InChI=1S/C27H37N3O2/c1-17-13-20(25(31)28-5)14-18(2)23(17)15-22(30(6)7)16-29-26(32)24-19(3)27(24,4)21-11-9-8-10-12-21/h8-14,19,22,24H,15-16H2,1-7H3,(H,28,31)(H,29,32)/t19?,22-,24?,27+/m0/s1. The smallest absolute Gasteiger partial charge is 0.251 e. The Bertz CT molecular complexity index is 963. The summed E-state index contributed by atoms with van der Waals surface area (Å²) in [4.78, 5) is 27.3. The van der Waals surface area contributed by atoms with Crippen LogP contribution in [-0.2, 0) is 16.6 Å². The lowest BCUT2D eigenvalue weighted by Gasteiger charge is -2.26. The molecule has 0 saturated heterocycles. The van der Waals surface area contributed by atoms with Crippen LogP contribution >= 0.6 is 0 Å². The molecule has 2 aromatic carbocycles. The van der Waals surface area contributed by atoms with Gasteiger partial charge in [0.1, 0.15) is 0 Å². The fourth-order valence-electron chi connectivity index (χ4n) is 5.06. The van der Waals surface area contributed by atoms with Crippen molar-refractivity contribution in [2.24, 2.45) is 11.8 Å². The molecule has 0 bridgehead atoms. The highest BCUT2D eigenvalue weighted by Gasteiger charge is 2.62. The van der Waals surface area contributed by atoms with Crippen molar-refractivity contribution in [1.82, 2.24) is 15.5 Å². The van der Waals surface area contributed by atoms with Gasteiger partial charge in [0, 0.05) is 30.6 Å². The van der Waals surface area contributed by atoms with E-state index in [0.29, 0.717) is 18.0 Å². The monoisotopic (exact) mass is 435 g/mol. The van der Waals surface area contributed by atoms with Gasteiger partial charge in [-0.3, -0.25) is 9.59 Å². The third kappa shape index (κ3) is 4.58. The molecule has 4 atom stereocenters. The van der Waals surface area contributed by atoms with Crippen molar-refractivity contribution >= 4 is 11.8 Å². The Balaban J connectivity index is 1.68. The lowest BCUT2D eigenvalue weighted by atomic mass is 9.93. The van der Waals surface area contributed by atoms with Crippen molar-refractivity contribution in [1.29, 1.82) is 0 Å². The van der Waals surface area contributed by atoms with E-state index in [-0.39, 0.29) is 29.2 Å². The molecule has 2 N–H and O–H groups in total. The number of rotatable bonds is 8. The Kier molecular flexibility index (Phi) is 7.09. The quantitative estimate of drug-likeness (QED) is 0.667. The normalized spacial score (nSPS) is 23.0. The number of nitrogens with zero attached hydrogens (tertiary/aromatic N) is 1. The lowest BCUT2D eigenvalue weighted by Crippen LogP contribution is -2.42. The number of hydrogen-bond acceptors (Lipinski definition) is 3. The maximum atomic E-state index is 13.1. The number of carbonyl (C=O) groups is 2. The van der Waals surface area contributed by atoms with Crippen LogP contribution in [0.5, 0.6) is 0 Å². The number of hydrogen-bond donors (Lipinski definition) is 2. The minimum Gasteiger partial charge on any atom is -0.355 e. The zero-order valence-electron chi connectivity index (χ0n) is 20.5. The molecule has 2 amide bonds. The summed E-state index contributed by atoms with van der Waals surface area (Å²) in [6.07, 6.45) is 0.815. The molecule has 2 aromatic rings. The van der Waals surface area contributed by atoms with Gasteiger partial charge in [-0.15, -0.1) is 0 Å². The maximum absolute atomic E-state index is 13.1. The predicted molar refractivity (Wildman–Crippen MR) is 130 cm³/mol. The molecule has 0 aliphatic heterocycles. The number of benzene rings is 2. The number of amides is 2. The molecule has 5 heteroatoms. The fourth-order valence-corrected chi connectivity index (χ4v) is 5.06. The van der Waals surface area contributed by atoms with Crippen molar-refractivity contribution < 1.29 is 9.59 Å². The third-order valence-electron chi connectivity index (χ3n) is 7.53. The highest BCUT2D eigenvalue weighted by atomic mass is 16.2. The van der Waals surface area contributed by atoms with Crippen LogP contribution in [0.25, 0.3) is 0 Å². The minimum absolute atomic E-state index is 0.00280. The van der Waals surface area contributed by atoms with E-state index >= 15 is 0 Å². The molecule has 172 valence electrons. The molecule has 1 saturated carbocycles. The van der Waals surface area contributed by atoms with Gasteiger partial charge in [-0.05, 0) is 74.7 Å². The van der Waals surface area contributed by atoms with Crippen LogP contribution in [0.1, 0.15) is 46.5 Å². The van der Waals surface area contributed by atoms with Gasteiger partial charge >= 0.3 is 0 Å². The zero-order chi connectivity index (χ0) is 23.6. The molecule has 0 radical (unpaired) electrons. The Morgan fingerprint density at radius 2 is 1.69 bits per heavy atom. The molecule has 0 spiro atoms. The van der Waals surface area contributed by atoms with Gasteiger partial charge in [0.05, 0.1) is 5.92 Å². The van der Waals surface area contributed by atoms with Crippen LogP contribution in [0, 0.1) is 25.7 Å². The molecular formula is C27H37N3O2. The number of likely N-dealkylation sites (N-methyl/N-ethyl adjacent to an activating group) is 1. The van der Waals surface area contributed by atoms with E-state index in [0.717, 1.165) is 17.5 Å². The summed E-state index contributed by atoms with van der Waals surface area (Å²) >= 11 is 0. The third-order valence-corrected chi connectivity index (χ3v) is 7.53. The van der Waals surface area contributed by atoms with E-state index in [9.17, 15) is 9.59 Å². The number of nitrogens with one attached hydrogen (secondary N) is 2. The van der Waals surface area contributed by atoms with E-state index in [1.54, 1.807) is 7.05 Å². The summed E-state index contributed by atoms with van der Waals surface area (Å²) in [6, 6.07) is 14.4. The SMILES string of the molecule is CNC(=O)c1cc(C)c(C[C@@H](CNC(=O)C2C(C)[C@]2(C)c2ccccc2)N(C)C)c(C)c1. The second-order valence-electron chi connectivity index (χ2n) is 9.65. The largest absolute Gasteiger partial charge is 0.355 e. The molecule has 1 aliphatic carbocycles. The Morgan fingerprint density at radius 3 is 2.22 bits per heavy atom. The predicted octanol–water partition coefficient (Wildman–Crippen LogP) is 3.48. The average Bonchev–Trinajstić information content (AvgIpc) is 3.33. The number of carbonyl (C=O) groups excluding carboxylic acids is 2. The Hall–Kier alpha value is -2.66. The molecule has 3 rings (SSSR count). The van der Waals surface area contributed by atoms with E-state index in [2.05, 4.69) is 55.4 Å². The van der Waals surface area contributed by atoms with Crippen molar-refractivity contribution in [2.75, 3.05) is 27.7 Å². The van der Waals surface area contributed by atoms with Crippen LogP contribution < -0.4 is 10.6 Å². The van der Waals surface area contributed by atoms with Crippen LogP contribution in [0.2, 0.25) is 0 Å². The van der Waals surface area contributed by atoms with E-state index in [1.165, 1.54) is 11.1 Å². The highest BCUT2D eigenvalue weighted by molar-refractivity contribution is 5.94. The molecule has 5 nitrogen and oxygen atoms in total.